The van der Waals surface area contributed by atoms with Gasteiger partial charge in [0.2, 0.25) is 10.0 Å². The zero-order chi connectivity index (χ0) is 19.4. The Kier molecular flexibility index (Phi) is 6.33. The zero-order valence-electron chi connectivity index (χ0n) is 14.2. The number of amides is 1. The van der Waals surface area contributed by atoms with Crippen LogP contribution in [0.25, 0.3) is 0 Å². The lowest BCUT2D eigenvalue weighted by Crippen LogP contribution is -2.40. The molecule has 0 atom stereocenters. The summed E-state index contributed by atoms with van der Waals surface area (Å²) < 4.78 is 31.8. The van der Waals surface area contributed by atoms with E-state index in [0.717, 1.165) is 5.56 Å². The lowest BCUT2D eigenvalue weighted by atomic mass is 10.2. The molecule has 1 N–H and O–H groups in total. The summed E-state index contributed by atoms with van der Waals surface area (Å²) in [6.07, 6.45) is 0. The van der Waals surface area contributed by atoms with Crippen LogP contribution in [0.5, 0.6) is 0 Å². The van der Waals surface area contributed by atoms with Crippen LogP contribution in [-0.2, 0) is 21.3 Å². The number of morpholine rings is 1. The summed E-state index contributed by atoms with van der Waals surface area (Å²) in [5.41, 5.74) is 1.06. The first-order valence-corrected chi connectivity index (χ1v) is 10.3. The molecule has 7 nitrogen and oxygen atoms in total. The molecule has 1 fully saturated rings. The molecule has 0 radical (unpaired) electrons. The molecule has 1 aliphatic heterocycles. The Hall–Kier alpha value is -1.71. The molecule has 0 bridgehead atoms. The fraction of sp³-hybridized carbons (Fsp3) is 0.294. The molecule has 1 aromatic heterocycles. The topological polar surface area (TPSA) is 88.6 Å². The molecule has 144 valence electrons. The number of carbonyl (C=O) groups excluding carboxylic acids is 1. The minimum atomic E-state index is -3.53. The molecule has 1 amide bonds. The molecule has 0 saturated carbocycles. The molecule has 0 spiro atoms. The fourth-order valence-corrected chi connectivity index (χ4v) is 4.46. The van der Waals surface area contributed by atoms with E-state index in [9.17, 15) is 13.2 Å². The first-order valence-electron chi connectivity index (χ1n) is 8.14. The van der Waals surface area contributed by atoms with E-state index in [1.807, 2.05) is 0 Å². The summed E-state index contributed by atoms with van der Waals surface area (Å²) in [5, 5.41) is 2.99. The van der Waals surface area contributed by atoms with Crippen LogP contribution in [0.15, 0.2) is 41.3 Å². The molecule has 2 heterocycles. The molecule has 10 heteroatoms. The lowest BCUT2D eigenvalue weighted by Gasteiger charge is -2.26. The first kappa shape index (κ1) is 20.0. The third-order valence-electron chi connectivity index (χ3n) is 4.01. The fourth-order valence-electron chi connectivity index (χ4n) is 2.60. The Morgan fingerprint density at radius 2 is 1.70 bits per heavy atom. The number of carbonyl (C=O) groups is 1. The van der Waals surface area contributed by atoms with Crippen molar-refractivity contribution in [1.82, 2.24) is 14.6 Å². The summed E-state index contributed by atoms with van der Waals surface area (Å²) in [4.78, 5) is 16.2. The molecule has 0 aliphatic carbocycles. The number of hydrogen-bond donors (Lipinski definition) is 1. The Morgan fingerprint density at radius 3 is 2.30 bits per heavy atom. The number of nitrogens with zero attached hydrogens (tertiary/aromatic N) is 2. The van der Waals surface area contributed by atoms with Gasteiger partial charge in [-0.3, -0.25) is 4.79 Å². The van der Waals surface area contributed by atoms with Crippen molar-refractivity contribution < 1.29 is 17.9 Å². The van der Waals surface area contributed by atoms with E-state index in [1.54, 1.807) is 12.1 Å². The average molecular weight is 430 g/mol. The van der Waals surface area contributed by atoms with Gasteiger partial charge in [-0.05, 0) is 29.8 Å². The summed E-state index contributed by atoms with van der Waals surface area (Å²) in [6.45, 7) is 1.71. The number of halogens is 2. The summed E-state index contributed by atoms with van der Waals surface area (Å²) in [7, 11) is -3.53. The SMILES string of the molecule is O=C(NCc1ccc(S(=O)(=O)N2CCOCC2)cc1)c1cc(Cl)nc(Cl)c1. The van der Waals surface area contributed by atoms with Crippen LogP contribution in [-0.4, -0.2) is 49.9 Å². The number of sulfonamides is 1. The third-order valence-corrected chi connectivity index (χ3v) is 6.31. The van der Waals surface area contributed by atoms with Crippen LogP contribution in [0.1, 0.15) is 15.9 Å². The van der Waals surface area contributed by atoms with Crippen molar-refractivity contribution in [3.8, 4) is 0 Å². The van der Waals surface area contributed by atoms with Crippen LogP contribution in [0.3, 0.4) is 0 Å². The number of nitrogens with one attached hydrogen (secondary N) is 1. The maximum Gasteiger partial charge on any atom is 0.251 e. The molecule has 1 saturated heterocycles. The molecule has 1 aliphatic rings. The Bertz CT molecular complexity index is 909. The Labute approximate surface area is 167 Å². The quantitative estimate of drug-likeness (QED) is 0.736. The maximum absolute atomic E-state index is 12.6. The van der Waals surface area contributed by atoms with Gasteiger partial charge in [-0.2, -0.15) is 4.31 Å². The third kappa shape index (κ3) is 4.97. The van der Waals surface area contributed by atoms with Crippen LogP contribution in [0.4, 0.5) is 0 Å². The second-order valence-corrected chi connectivity index (χ2v) is 8.56. The Balaban J connectivity index is 1.64. The second kappa shape index (κ2) is 8.53. The number of benzene rings is 1. The van der Waals surface area contributed by atoms with Gasteiger partial charge in [0.1, 0.15) is 10.3 Å². The van der Waals surface area contributed by atoms with Crippen molar-refractivity contribution >= 4 is 39.1 Å². The smallest absolute Gasteiger partial charge is 0.251 e. The van der Waals surface area contributed by atoms with E-state index in [1.165, 1.54) is 28.6 Å². The van der Waals surface area contributed by atoms with Gasteiger partial charge in [-0.1, -0.05) is 35.3 Å². The number of rotatable bonds is 5. The van der Waals surface area contributed by atoms with Crippen molar-refractivity contribution in [3.63, 3.8) is 0 Å². The first-order chi connectivity index (χ1) is 12.9. The largest absolute Gasteiger partial charge is 0.379 e. The van der Waals surface area contributed by atoms with E-state index in [4.69, 9.17) is 27.9 Å². The highest BCUT2D eigenvalue weighted by Crippen LogP contribution is 2.18. The average Bonchev–Trinajstić information content (AvgIpc) is 2.66. The summed E-state index contributed by atoms with van der Waals surface area (Å²) in [5.74, 6) is -0.355. The Morgan fingerprint density at radius 1 is 1.11 bits per heavy atom. The molecule has 27 heavy (non-hydrogen) atoms. The standard InChI is InChI=1S/C17H17Cl2N3O4S/c18-15-9-13(10-16(19)21-15)17(23)20-11-12-1-3-14(4-2-12)27(24,25)22-5-7-26-8-6-22/h1-4,9-10H,5-8,11H2,(H,20,23). The van der Waals surface area contributed by atoms with Gasteiger partial charge in [-0.15, -0.1) is 0 Å². The summed E-state index contributed by atoms with van der Waals surface area (Å²) in [6, 6.07) is 9.24. The van der Waals surface area contributed by atoms with Crippen molar-refractivity contribution in [1.29, 1.82) is 0 Å². The predicted molar refractivity (Wildman–Crippen MR) is 101 cm³/mol. The number of hydrogen-bond acceptors (Lipinski definition) is 5. The summed E-state index contributed by atoms with van der Waals surface area (Å²) >= 11 is 11.6. The number of pyridine rings is 1. The van der Waals surface area contributed by atoms with Crippen LogP contribution in [0, 0.1) is 0 Å². The monoisotopic (exact) mass is 429 g/mol. The number of ether oxygens (including phenoxy) is 1. The highest BCUT2D eigenvalue weighted by molar-refractivity contribution is 7.89. The zero-order valence-corrected chi connectivity index (χ0v) is 16.5. The second-order valence-electron chi connectivity index (χ2n) is 5.84. The van der Waals surface area contributed by atoms with Crippen LogP contribution >= 0.6 is 23.2 Å². The van der Waals surface area contributed by atoms with Crippen molar-refractivity contribution in [2.45, 2.75) is 11.4 Å². The maximum atomic E-state index is 12.6. The van der Waals surface area contributed by atoms with Crippen LogP contribution in [0.2, 0.25) is 10.3 Å². The lowest BCUT2D eigenvalue weighted by molar-refractivity contribution is 0.0730. The molecule has 0 unspecified atom stereocenters. The van der Waals surface area contributed by atoms with Crippen molar-refractivity contribution in [3.05, 3.63) is 57.8 Å². The van der Waals surface area contributed by atoms with Gasteiger partial charge in [0.05, 0.1) is 18.1 Å². The van der Waals surface area contributed by atoms with E-state index in [0.29, 0.717) is 31.9 Å². The van der Waals surface area contributed by atoms with E-state index in [-0.39, 0.29) is 27.7 Å². The predicted octanol–water partition coefficient (Wildman–Crippen LogP) is 2.34. The normalized spacial score (nSPS) is 15.5. The van der Waals surface area contributed by atoms with Crippen molar-refractivity contribution in [2.24, 2.45) is 0 Å². The molecule has 1 aromatic carbocycles. The highest BCUT2D eigenvalue weighted by atomic mass is 35.5. The van der Waals surface area contributed by atoms with Gasteiger partial charge in [-0.25, -0.2) is 13.4 Å². The molecule has 2 aromatic rings. The molecular weight excluding hydrogens is 413 g/mol. The number of aromatic nitrogens is 1. The van der Waals surface area contributed by atoms with E-state index < -0.39 is 10.0 Å². The van der Waals surface area contributed by atoms with Gasteiger partial charge in [0.25, 0.3) is 5.91 Å². The van der Waals surface area contributed by atoms with Gasteiger partial charge in [0.15, 0.2) is 0 Å². The minimum Gasteiger partial charge on any atom is -0.379 e. The molecule has 3 rings (SSSR count). The highest BCUT2D eigenvalue weighted by Gasteiger charge is 2.26. The van der Waals surface area contributed by atoms with Crippen molar-refractivity contribution in [2.75, 3.05) is 26.3 Å². The van der Waals surface area contributed by atoms with Gasteiger partial charge >= 0.3 is 0 Å². The van der Waals surface area contributed by atoms with E-state index >= 15 is 0 Å². The van der Waals surface area contributed by atoms with Crippen LogP contribution < -0.4 is 5.32 Å². The molecular formula is C17H17Cl2N3O4S. The van der Waals surface area contributed by atoms with Gasteiger partial charge in [0, 0.05) is 25.2 Å². The van der Waals surface area contributed by atoms with E-state index in [2.05, 4.69) is 10.3 Å². The van der Waals surface area contributed by atoms with Gasteiger partial charge < -0.3 is 10.1 Å². The minimum absolute atomic E-state index is 0.130.